The molecular weight excluding hydrogens is 839 g/mol. The zero-order valence-electron chi connectivity index (χ0n) is 37.7. The van der Waals surface area contributed by atoms with Crippen LogP contribution in [0.1, 0.15) is 109 Å². The molecule has 10 rings (SSSR count). The van der Waals surface area contributed by atoms with E-state index in [1.165, 1.54) is 24.3 Å². The number of halogens is 2. The molecule has 0 saturated heterocycles. The topological polar surface area (TPSA) is 141 Å². The third-order valence-corrected chi connectivity index (χ3v) is 11.9. The number of ether oxygens (including phenoxy) is 2. The minimum atomic E-state index is -0.229. The van der Waals surface area contributed by atoms with Gasteiger partial charge in [0.05, 0.1) is 49.6 Å². The van der Waals surface area contributed by atoms with Crippen LogP contribution in [0, 0.1) is 25.5 Å². The average Bonchev–Trinajstić information content (AvgIpc) is 4.16. The van der Waals surface area contributed by atoms with Crippen LogP contribution in [0.4, 0.5) is 8.78 Å². The molecule has 0 saturated carbocycles. The Morgan fingerprint density at radius 3 is 1.35 bits per heavy atom. The van der Waals surface area contributed by atoms with Crippen LogP contribution >= 0.6 is 0 Å². The maximum atomic E-state index is 13.4. The summed E-state index contributed by atoms with van der Waals surface area (Å²) in [5.74, 6) is 3.94. The summed E-state index contributed by atoms with van der Waals surface area (Å²) < 4.78 is 45.5. The van der Waals surface area contributed by atoms with E-state index in [1.807, 2.05) is 119 Å². The summed E-state index contributed by atoms with van der Waals surface area (Å²) in [6.07, 6.45) is 15.2. The highest BCUT2D eigenvalue weighted by molar-refractivity contribution is 5.78. The van der Waals surface area contributed by atoms with E-state index in [2.05, 4.69) is 19.9 Å². The number of hydrogen-bond acceptors (Lipinski definition) is 10. The number of allylic oxidation sites excluding steroid dienone is 2. The summed E-state index contributed by atoms with van der Waals surface area (Å²) in [5.41, 5.74) is 9.07. The first-order valence-corrected chi connectivity index (χ1v) is 21.9. The summed E-state index contributed by atoms with van der Waals surface area (Å²) in [4.78, 5) is 27.6. The van der Waals surface area contributed by atoms with Gasteiger partial charge in [0.15, 0.2) is 11.6 Å². The SMILES string of the molecule is COc1nc(/C(C)=C/c2nc3n(n2)CCC[C@@H]3c2ccc(F)cc2)ccc1-n1cnc(C)c1.COc1nc(/C(C)=C/c2nc3n(n2)CCC[C@H]3c2ccc(F)cc2)ccc1-n1cnc(C)c1. The minimum Gasteiger partial charge on any atom is -0.479 e. The van der Waals surface area contributed by atoms with Crippen LogP contribution in [0.5, 0.6) is 11.8 Å². The number of rotatable bonds is 10. The van der Waals surface area contributed by atoms with Gasteiger partial charge in [-0.3, -0.25) is 0 Å². The first-order chi connectivity index (χ1) is 32.0. The molecule has 0 fully saturated rings. The molecule has 0 aliphatic carbocycles. The van der Waals surface area contributed by atoms with Crippen molar-refractivity contribution in [2.24, 2.45) is 0 Å². The second-order valence-corrected chi connectivity index (χ2v) is 16.5. The van der Waals surface area contributed by atoms with Crippen molar-refractivity contribution in [2.75, 3.05) is 14.2 Å². The van der Waals surface area contributed by atoms with E-state index < -0.39 is 0 Å². The lowest BCUT2D eigenvalue weighted by Crippen LogP contribution is -2.17. The van der Waals surface area contributed by atoms with Crippen LogP contribution in [-0.4, -0.2) is 72.8 Å². The summed E-state index contributed by atoms with van der Waals surface area (Å²) in [7, 11) is 3.22. The molecule has 16 heteroatoms. The third kappa shape index (κ3) is 9.30. The smallest absolute Gasteiger partial charge is 0.238 e. The van der Waals surface area contributed by atoms with E-state index in [9.17, 15) is 8.78 Å². The summed E-state index contributed by atoms with van der Waals surface area (Å²) in [6.45, 7) is 9.52. The lowest BCUT2D eigenvalue weighted by atomic mass is 9.91. The molecule has 0 amide bonds. The molecule has 66 heavy (non-hydrogen) atoms. The zero-order chi connectivity index (χ0) is 45.9. The van der Waals surface area contributed by atoms with Crippen LogP contribution in [-0.2, 0) is 13.1 Å². The van der Waals surface area contributed by atoms with Crippen LogP contribution in [0.15, 0.2) is 97.8 Å². The van der Waals surface area contributed by atoms with Gasteiger partial charge >= 0.3 is 0 Å². The molecule has 2 aliphatic heterocycles. The molecule has 0 bridgehead atoms. The van der Waals surface area contributed by atoms with Gasteiger partial charge in [-0.25, -0.2) is 48.0 Å². The van der Waals surface area contributed by atoms with Gasteiger partial charge in [0.1, 0.15) is 34.7 Å². The second kappa shape index (κ2) is 18.8. The Morgan fingerprint density at radius 1 is 0.576 bits per heavy atom. The highest BCUT2D eigenvalue weighted by Gasteiger charge is 2.27. The number of hydrogen-bond donors (Lipinski definition) is 0. The van der Waals surface area contributed by atoms with Crippen molar-refractivity contribution < 1.29 is 18.3 Å². The van der Waals surface area contributed by atoms with E-state index in [0.29, 0.717) is 23.4 Å². The predicted octanol–water partition coefficient (Wildman–Crippen LogP) is 9.60. The molecule has 8 aromatic rings. The van der Waals surface area contributed by atoms with Crippen LogP contribution in [0.25, 0.3) is 34.7 Å². The fourth-order valence-electron chi connectivity index (χ4n) is 8.52. The Labute approximate surface area is 381 Å². The molecule has 2 atom stereocenters. The van der Waals surface area contributed by atoms with E-state index >= 15 is 0 Å². The molecule has 336 valence electrons. The lowest BCUT2D eigenvalue weighted by Gasteiger charge is -2.22. The van der Waals surface area contributed by atoms with E-state index in [4.69, 9.17) is 29.6 Å². The molecule has 0 radical (unpaired) electrons. The first kappa shape index (κ1) is 43.6. The van der Waals surface area contributed by atoms with Crippen molar-refractivity contribution in [1.29, 1.82) is 0 Å². The Hall–Kier alpha value is -7.62. The lowest BCUT2D eigenvalue weighted by molar-refractivity contribution is 0.395. The largest absolute Gasteiger partial charge is 0.479 e. The van der Waals surface area contributed by atoms with Crippen molar-refractivity contribution in [2.45, 2.75) is 78.3 Å². The molecule has 2 aromatic carbocycles. The summed E-state index contributed by atoms with van der Waals surface area (Å²) in [6, 6.07) is 21.2. The van der Waals surface area contributed by atoms with Crippen molar-refractivity contribution >= 4 is 23.3 Å². The molecule has 14 nitrogen and oxygen atoms in total. The van der Waals surface area contributed by atoms with E-state index in [1.54, 1.807) is 26.9 Å². The number of nitrogens with zero attached hydrogens (tertiary/aromatic N) is 12. The van der Waals surface area contributed by atoms with Crippen molar-refractivity contribution in [1.82, 2.24) is 58.6 Å². The molecule has 0 N–H and O–H groups in total. The number of methoxy groups -OCH3 is 2. The summed E-state index contributed by atoms with van der Waals surface area (Å²) in [5, 5.41) is 9.41. The predicted molar refractivity (Wildman–Crippen MR) is 247 cm³/mol. The molecule has 2 aliphatic rings. The van der Waals surface area contributed by atoms with E-state index in [-0.39, 0.29) is 23.5 Å². The van der Waals surface area contributed by atoms with Gasteiger partial charge in [0.2, 0.25) is 11.8 Å². The first-order valence-electron chi connectivity index (χ1n) is 21.9. The summed E-state index contributed by atoms with van der Waals surface area (Å²) >= 11 is 0. The minimum absolute atomic E-state index is 0.116. The standard InChI is InChI=1S/2C25H25FN6O/c2*1-16(21-10-11-22(25(28-21)33-3)31-14-17(2)27-15-31)13-23-29-24-20(5-4-12-32(24)30-23)18-6-8-19(26)9-7-18/h2*6-11,13-15,20H,4-5,12H2,1-3H3/b2*16-13+/t2*20-/m10/s1. The van der Waals surface area contributed by atoms with Crippen LogP contribution in [0.3, 0.4) is 0 Å². The number of aryl methyl sites for hydroxylation is 4. The van der Waals surface area contributed by atoms with Gasteiger partial charge in [-0.15, -0.1) is 0 Å². The number of benzene rings is 2. The Bertz CT molecular complexity index is 2850. The quantitative estimate of drug-likeness (QED) is 0.130. The maximum Gasteiger partial charge on any atom is 0.238 e. The monoisotopic (exact) mass is 888 g/mol. The molecule has 8 heterocycles. The van der Waals surface area contributed by atoms with Gasteiger partial charge in [-0.1, -0.05) is 24.3 Å². The van der Waals surface area contributed by atoms with Crippen molar-refractivity contribution in [3.05, 3.63) is 167 Å². The third-order valence-electron chi connectivity index (χ3n) is 11.9. The molecular formula is C50H50F2N12O2. The highest BCUT2D eigenvalue weighted by atomic mass is 19.1. The normalized spacial score (nSPS) is 16.0. The molecule has 0 spiro atoms. The Balaban J connectivity index is 0.000000166. The Morgan fingerprint density at radius 2 is 0.985 bits per heavy atom. The molecule has 6 aromatic heterocycles. The van der Waals surface area contributed by atoms with Gasteiger partial charge in [-0.05, 0) is 136 Å². The van der Waals surface area contributed by atoms with E-state index in [0.717, 1.165) is 107 Å². The maximum absolute atomic E-state index is 13.4. The molecule has 0 unspecified atom stereocenters. The van der Waals surface area contributed by atoms with Gasteiger partial charge in [0, 0.05) is 37.3 Å². The van der Waals surface area contributed by atoms with Crippen LogP contribution in [0.2, 0.25) is 0 Å². The van der Waals surface area contributed by atoms with Gasteiger partial charge in [-0.2, -0.15) is 10.2 Å². The number of imidazole rings is 2. The van der Waals surface area contributed by atoms with Crippen molar-refractivity contribution in [3.8, 4) is 23.1 Å². The number of pyridine rings is 2. The zero-order valence-corrected chi connectivity index (χ0v) is 37.7. The fraction of sp³-hybridized carbons (Fsp3) is 0.280. The highest BCUT2D eigenvalue weighted by Crippen LogP contribution is 2.35. The van der Waals surface area contributed by atoms with Crippen molar-refractivity contribution in [3.63, 3.8) is 0 Å². The van der Waals surface area contributed by atoms with Gasteiger partial charge in [0.25, 0.3) is 0 Å². The average molecular weight is 889 g/mol. The fourth-order valence-corrected chi connectivity index (χ4v) is 8.52. The Kier molecular flexibility index (Phi) is 12.5. The number of aromatic nitrogens is 12. The number of fused-ring (bicyclic) bond motifs is 2. The van der Waals surface area contributed by atoms with Crippen LogP contribution < -0.4 is 9.47 Å². The van der Waals surface area contributed by atoms with Gasteiger partial charge < -0.3 is 18.6 Å². The second-order valence-electron chi connectivity index (χ2n) is 16.5.